The van der Waals surface area contributed by atoms with Crippen molar-refractivity contribution in [2.24, 2.45) is 5.41 Å². The molecule has 0 unspecified atom stereocenters. The normalized spacial score (nSPS) is 20.7. The fourth-order valence-corrected chi connectivity index (χ4v) is 3.61. The zero-order valence-electron chi connectivity index (χ0n) is 12.9. The van der Waals surface area contributed by atoms with Gasteiger partial charge < -0.3 is 4.74 Å². The predicted molar refractivity (Wildman–Crippen MR) is 90.4 cm³/mol. The third-order valence-electron chi connectivity index (χ3n) is 4.79. The van der Waals surface area contributed by atoms with Gasteiger partial charge in [-0.2, -0.15) is 0 Å². The molecule has 7 heteroatoms. The summed E-state index contributed by atoms with van der Waals surface area (Å²) in [5, 5.41) is 8.97. The first-order valence-electron chi connectivity index (χ1n) is 7.98. The van der Waals surface area contributed by atoms with Crippen LogP contribution in [-0.4, -0.2) is 52.7 Å². The summed E-state index contributed by atoms with van der Waals surface area (Å²) < 4.78 is 7.84. The van der Waals surface area contributed by atoms with E-state index >= 15 is 0 Å². The Labute approximate surface area is 142 Å². The van der Waals surface area contributed by atoms with E-state index in [1.165, 1.54) is 0 Å². The number of rotatable bonds is 4. The SMILES string of the molecule is O=c1c2cc(Br)ccc2nnn1CC1(CN2CCOCC2)CC1. The van der Waals surface area contributed by atoms with Gasteiger partial charge in [0.05, 0.1) is 25.1 Å². The topological polar surface area (TPSA) is 60.2 Å². The highest BCUT2D eigenvalue weighted by Crippen LogP contribution is 2.47. The number of benzene rings is 1. The Kier molecular flexibility index (Phi) is 3.95. The van der Waals surface area contributed by atoms with E-state index < -0.39 is 0 Å². The first-order chi connectivity index (χ1) is 11.2. The Morgan fingerprint density at radius 2 is 2.00 bits per heavy atom. The van der Waals surface area contributed by atoms with Crippen LogP contribution in [0.15, 0.2) is 27.5 Å². The molecule has 23 heavy (non-hydrogen) atoms. The lowest BCUT2D eigenvalue weighted by atomic mass is 10.1. The maximum atomic E-state index is 12.7. The minimum absolute atomic E-state index is 0.0513. The lowest BCUT2D eigenvalue weighted by Gasteiger charge is -2.30. The van der Waals surface area contributed by atoms with Gasteiger partial charge >= 0.3 is 0 Å². The molecule has 1 saturated carbocycles. The summed E-state index contributed by atoms with van der Waals surface area (Å²) in [6.07, 6.45) is 2.30. The van der Waals surface area contributed by atoms with E-state index in [2.05, 4.69) is 31.1 Å². The van der Waals surface area contributed by atoms with E-state index in [0.717, 1.165) is 50.2 Å². The van der Waals surface area contributed by atoms with E-state index in [1.54, 1.807) is 4.68 Å². The van der Waals surface area contributed by atoms with Crippen molar-refractivity contribution >= 4 is 26.8 Å². The Morgan fingerprint density at radius 1 is 1.22 bits per heavy atom. The average molecular weight is 379 g/mol. The molecule has 2 heterocycles. The molecule has 0 N–H and O–H groups in total. The summed E-state index contributed by atoms with van der Waals surface area (Å²) in [6, 6.07) is 5.52. The third kappa shape index (κ3) is 3.18. The van der Waals surface area contributed by atoms with E-state index in [4.69, 9.17) is 4.74 Å². The third-order valence-corrected chi connectivity index (χ3v) is 5.28. The van der Waals surface area contributed by atoms with E-state index in [1.807, 2.05) is 18.2 Å². The zero-order chi connectivity index (χ0) is 15.9. The van der Waals surface area contributed by atoms with Crippen LogP contribution in [0.3, 0.4) is 0 Å². The molecule has 1 aromatic carbocycles. The Bertz CT molecular complexity index is 781. The second kappa shape index (κ2) is 5.96. The van der Waals surface area contributed by atoms with Gasteiger partial charge in [-0.25, -0.2) is 4.68 Å². The van der Waals surface area contributed by atoms with Crippen molar-refractivity contribution in [1.82, 2.24) is 19.9 Å². The summed E-state index contributed by atoms with van der Waals surface area (Å²) in [6.45, 7) is 5.24. The molecule has 1 aliphatic heterocycles. The molecule has 1 aromatic heterocycles. The van der Waals surface area contributed by atoms with Crippen molar-refractivity contribution in [2.75, 3.05) is 32.8 Å². The predicted octanol–water partition coefficient (Wildman–Crippen LogP) is 1.67. The van der Waals surface area contributed by atoms with Crippen LogP contribution < -0.4 is 5.56 Å². The van der Waals surface area contributed by atoms with Crippen LogP contribution >= 0.6 is 15.9 Å². The van der Waals surface area contributed by atoms with Crippen LogP contribution in [0.25, 0.3) is 10.9 Å². The van der Waals surface area contributed by atoms with Crippen LogP contribution in [0, 0.1) is 5.41 Å². The zero-order valence-corrected chi connectivity index (χ0v) is 14.5. The lowest BCUT2D eigenvalue weighted by Crippen LogP contribution is -2.42. The van der Waals surface area contributed by atoms with Gasteiger partial charge in [0.15, 0.2) is 0 Å². The number of hydrogen-bond donors (Lipinski definition) is 0. The summed E-state index contributed by atoms with van der Waals surface area (Å²) in [5.41, 5.74) is 0.771. The Hall–Kier alpha value is -1.31. The molecule has 0 spiro atoms. The number of fused-ring (bicyclic) bond motifs is 1. The molecular weight excluding hydrogens is 360 g/mol. The largest absolute Gasteiger partial charge is 0.379 e. The molecule has 4 rings (SSSR count). The minimum Gasteiger partial charge on any atom is -0.379 e. The first-order valence-corrected chi connectivity index (χ1v) is 8.78. The minimum atomic E-state index is -0.0513. The van der Waals surface area contributed by atoms with Gasteiger partial charge in [0, 0.05) is 29.5 Å². The summed E-state index contributed by atoms with van der Waals surface area (Å²) in [5.74, 6) is 0. The lowest BCUT2D eigenvalue weighted by molar-refractivity contribution is 0.0263. The Morgan fingerprint density at radius 3 is 2.74 bits per heavy atom. The molecule has 1 saturated heterocycles. The van der Waals surface area contributed by atoms with Crippen molar-refractivity contribution < 1.29 is 4.74 Å². The maximum Gasteiger partial charge on any atom is 0.277 e. The van der Waals surface area contributed by atoms with E-state index in [0.29, 0.717) is 17.4 Å². The molecular formula is C16H19BrN4O2. The van der Waals surface area contributed by atoms with Gasteiger partial charge in [0.25, 0.3) is 5.56 Å². The number of aromatic nitrogens is 3. The summed E-state index contributed by atoms with van der Waals surface area (Å²) in [4.78, 5) is 15.1. The number of morpholine rings is 1. The highest BCUT2D eigenvalue weighted by molar-refractivity contribution is 9.10. The molecule has 122 valence electrons. The van der Waals surface area contributed by atoms with Crippen LogP contribution in [0.4, 0.5) is 0 Å². The highest BCUT2D eigenvalue weighted by atomic mass is 79.9. The number of hydrogen-bond acceptors (Lipinski definition) is 5. The van der Waals surface area contributed by atoms with Crippen molar-refractivity contribution in [1.29, 1.82) is 0 Å². The van der Waals surface area contributed by atoms with Gasteiger partial charge in [0.2, 0.25) is 0 Å². The van der Waals surface area contributed by atoms with Crippen LogP contribution in [-0.2, 0) is 11.3 Å². The van der Waals surface area contributed by atoms with Crippen molar-refractivity contribution in [3.05, 3.63) is 33.0 Å². The fraction of sp³-hybridized carbons (Fsp3) is 0.562. The van der Waals surface area contributed by atoms with Gasteiger partial charge in [-0.3, -0.25) is 9.69 Å². The number of ether oxygens (including phenoxy) is 1. The molecule has 2 fully saturated rings. The molecule has 0 atom stereocenters. The molecule has 0 bridgehead atoms. The second-order valence-corrected chi connectivity index (χ2v) is 7.52. The standard InChI is InChI=1S/C16H19BrN4O2/c17-12-1-2-14-13(9-12)15(22)21(19-18-14)11-16(3-4-16)10-20-5-7-23-8-6-20/h1-2,9H,3-8,10-11H2. The average Bonchev–Trinajstić information content (AvgIpc) is 3.31. The van der Waals surface area contributed by atoms with Crippen LogP contribution in [0.5, 0.6) is 0 Å². The van der Waals surface area contributed by atoms with E-state index in [-0.39, 0.29) is 11.0 Å². The quantitative estimate of drug-likeness (QED) is 0.809. The number of halogens is 1. The summed E-state index contributed by atoms with van der Waals surface area (Å²) in [7, 11) is 0. The van der Waals surface area contributed by atoms with E-state index in [9.17, 15) is 4.79 Å². The molecule has 1 aliphatic carbocycles. The first kappa shape index (κ1) is 15.2. The monoisotopic (exact) mass is 378 g/mol. The highest BCUT2D eigenvalue weighted by Gasteiger charge is 2.45. The van der Waals surface area contributed by atoms with Crippen molar-refractivity contribution in [3.8, 4) is 0 Å². The van der Waals surface area contributed by atoms with Crippen LogP contribution in [0.1, 0.15) is 12.8 Å². The second-order valence-electron chi connectivity index (χ2n) is 6.60. The number of nitrogens with zero attached hydrogens (tertiary/aromatic N) is 4. The smallest absolute Gasteiger partial charge is 0.277 e. The molecule has 0 amide bonds. The maximum absolute atomic E-state index is 12.7. The van der Waals surface area contributed by atoms with Gasteiger partial charge in [-0.1, -0.05) is 21.1 Å². The fourth-order valence-electron chi connectivity index (χ4n) is 3.25. The van der Waals surface area contributed by atoms with Gasteiger partial charge in [-0.05, 0) is 31.0 Å². The molecule has 2 aromatic rings. The molecule has 0 radical (unpaired) electrons. The van der Waals surface area contributed by atoms with Crippen molar-refractivity contribution in [3.63, 3.8) is 0 Å². The molecule has 2 aliphatic rings. The van der Waals surface area contributed by atoms with Crippen molar-refractivity contribution in [2.45, 2.75) is 19.4 Å². The molecule has 6 nitrogen and oxygen atoms in total. The van der Waals surface area contributed by atoms with Gasteiger partial charge in [0.1, 0.15) is 5.52 Å². The van der Waals surface area contributed by atoms with Crippen LogP contribution in [0.2, 0.25) is 0 Å². The Balaban J connectivity index is 1.57. The summed E-state index contributed by atoms with van der Waals surface area (Å²) >= 11 is 3.42. The van der Waals surface area contributed by atoms with Gasteiger partial charge in [-0.15, -0.1) is 5.10 Å².